The fraction of sp³-hybridized carbons (Fsp3) is 0. The first-order valence-electron chi connectivity index (χ1n) is 6.95. The molecule has 0 unspecified atom stereocenters. The molecule has 0 aliphatic rings. The Labute approximate surface area is 132 Å². The highest BCUT2D eigenvalue weighted by Crippen LogP contribution is 2.34. The summed E-state index contributed by atoms with van der Waals surface area (Å²) >= 11 is 0. The lowest BCUT2D eigenvalue weighted by Gasteiger charge is -2.05. The van der Waals surface area contributed by atoms with Crippen molar-refractivity contribution in [2.75, 3.05) is 0 Å². The number of aromatic hydroxyl groups is 3. The fourth-order valence-corrected chi connectivity index (χ4v) is 2.09. The van der Waals surface area contributed by atoms with Gasteiger partial charge in [-0.15, -0.1) is 10.2 Å². The zero-order valence-electron chi connectivity index (χ0n) is 12.1. The molecular formula is C18H14N2O3. The van der Waals surface area contributed by atoms with Crippen LogP contribution in [0.1, 0.15) is 0 Å². The van der Waals surface area contributed by atoms with E-state index in [0.29, 0.717) is 11.4 Å². The first-order chi connectivity index (χ1) is 11.1. The van der Waals surface area contributed by atoms with Crippen LogP contribution in [-0.4, -0.2) is 15.3 Å². The van der Waals surface area contributed by atoms with Crippen LogP contribution in [0.5, 0.6) is 17.2 Å². The molecule has 0 heterocycles. The van der Waals surface area contributed by atoms with Crippen molar-refractivity contribution >= 4 is 11.4 Å². The molecule has 114 valence electrons. The first kappa shape index (κ1) is 14.6. The Morgan fingerprint density at radius 2 is 1.17 bits per heavy atom. The summed E-state index contributed by atoms with van der Waals surface area (Å²) in [5.41, 5.74) is 2.32. The maximum absolute atomic E-state index is 9.92. The Bertz CT molecular complexity index is 858. The van der Waals surface area contributed by atoms with Crippen molar-refractivity contribution in [2.45, 2.75) is 0 Å². The number of azo groups is 1. The number of nitrogens with zero attached hydrogens (tertiary/aromatic N) is 2. The Hall–Kier alpha value is -3.34. The third kappa shape index (κ3) is 3.29. The lowest BCUT2D eigenvalue weighted by Crippen LogP contribution is -1.78. The Kier molecular flexibility index (Phi) is 3.93. The molecule has 0 aliphatic carbocycles. The lowest BCUT2D eigenvalue weighted by atomic mass is 10.0. The molecule has 3 rings (SSSR count). The van der Waals surface area contributed by atoms with Crippen LogP contribution in [0.2, 0.25) is 0 Å². The number of phenolic OH excluding ortho intramolecular Hbond substituents is 3. The first-order valence-corrected chi connectivity index (χ1v) is 6.95. The predicted octanol–water partition coefficient (Wildman–Crippen LogP) is 4.89. The second kappa shape index (κ2) is 6.19. The van der Waals surface area contributed by atoms with Gasteiger partial charge >= 0.3 is 0 Å². The zero-order valence-corrected chi connectivity index (χ0v) is 12.1. The van der Waals surface area contributed by atoms with E-state index in [0.717, 1.165) is 11.1 Å². The predicted molar refractivity (Wildman–Crippen MR) is 87.5 cm³/mol. The van der Waals surface area contributed by atoms with Gasteiger partial charge in [-0.3, -0.25) is 0 Å². The minimum atomic E-state index is -0.00769. The molecule has 5 nitrogen and oxygen atoms in total. The van der Waals surface area contributed by atoms with Crippen molar-refractivity contribution in [1.29, 1.82) is 0 Å². The van der Waals surface area contributed by atoms with E-state index >= 15 is 0 Å². The van der Waals surface area contributed by atoms with Gasteiger partial charge in [-0.2, -0.15) is 0 Å². The van der Waals surface area contributed by atoms with E-state index in [1.807, 2.05) is 0 Å². The van der Waals surface area contributed by atoms with Gasteiger partial charge in [-0.1, -0.05) is 30.3 Å². The molecule has 0 aliphatic heterocycles. The Balaban J connectivity index is 1.95. The SMILES string of the molecule is Oc1ccc(-c2ccc(O)c(N=Nc3ccccc3O)c2)cc1. The molecule has 0 fully saturated rings. The third-order valence-electron chi connectivity index (χ3n) is 3.32. The van der Waals surface area contributed by atoms with E-state index in [1.54, 1.807) is 54.6 Å². The van der Waals surface area contributed by atoms with E-state index in [2.05, 4.69) is 10.2 Å². The molecule has 3 aromatic carbocycles. The molecule has 0 bridgehead atoms. The standard InChI is InChI=1S/C18H14N2O3/c21-14-8-5-12(6-9-14)13-7-10-18(23)16(11-13)20-19-15-3-1-2-4-17(15)22/h1-11,21-23H. The normalized spacial score (nSPS) is 11.0. The Morgan fingerprint density at radius 1 is 0.565 bits per heavy atom. The van der Waals surface area contributed by atoms with E-state index in [1.165, 1.54) is 12.1 Å². The monoisotopic (exact) mass is 306 g/mol. The lowest BCUT2D eigenvalue weighted by molar-refractivity contribution is 0.474. The van der Waals surface area contributed by atoms with E-state index < -0.39 is 0 Å². The van der Waals surface area contributed by atoms with Crippen LogP contribution < -0.4 is 0 Å². The smallest absolute Gasteiger partial charge is 0.143 e. The minimum absolute atomic E-state index is 0.00769. The summed E-state index contributed by atoms with van der Waals surface area (Å²) in [6.07, 6.45) is 0. The summed E-state index contributed by atoms with van der Waals surface area (Å²) in [7, 11) is 0. The average Bonchev–Trinajstić information content (AvgIpc) is 2.56. The largest absolute Gasteiger partial charge is 0.508 e. The van der Waals surface area contributed by atoms with Gasteiger partial charge in [0.1, 0.15) is 28.6 Å². The third-order valence-corrected chi connectivity index (χ3v) is 3.32. The highest BCUT2D eigenvalue weighted by atomic mass is 16.3. The van der Waals surface area contributed by atoms with Crippen LogP contribution in [0.4, 0.5) is 11.4 Å². The second-order valence-corrected chi connectivity index (χ2v) is 4.94. The van der Waals surface area contributed by atoms with Gasteiger partial charge in [-0.25, -0.2) is 0 Å². The van der Waals surface area contributed by atoms with E-state index in [-0.39, 0.29) is 17.2 Å². The minimum Gasteiger partial charge on any atom is -0.508 e. The van der Waals surface area contributed by atoms with Crippen molar-refractivity contribution in [2.24, 2.45) is 10.2 Å². The van der Waals surface area contributed by atoms with Crippen LogP contribution in [0, 0.1) is 0 Å². The maximum atomic E-state index is 9.92. The van der Waals surface area contributed by atoms with Gasteiger partial charge in [0.05, 0.1) is 0 Å². The summed E-state index contributed by atoms with van der Waals surface area (Å²) in [6, 6.07) is 18.3. The summed E-state index contributed by atoms with van der Waals surface area (Å²) in [5.74, 6) is 0.198. The van der Waals surface area contributed by atoms with Crippen LogP contribution in [0.15, 0.2) is 77.0 Å². The van der Waals surface area contributed by atoms with Gasteiger partial charge in [0, 0.05) is 0 Å². The number of para-hydroxylation sites is 1. The fourth-order valence-electron chi connectivity index (χ4n) is 2.09. The molecule has 0 radical (unpaired) electrons. The number of hydrogen-bond donors (Lipinski definition) is 3. The number of hydrogen-bond acceptors (Lipinski definition) is 5. The summed E-state index contributed by atoms with van der Waals surface area (Å²) < 4.78 is 0. The molecule has 3 aromatic rings. The van der Waals surface area contributed by atoms with Crippen LogP contribution >= 0.6 is 0 Å². The molecule has 0 atom stereocenters. The van der Waals surface area contributed by atoms with Crippen molar-refractivity contribution in [3.05, 3.63) is 66.7 Å². The molecule has 0 aromatic heterocycles. The average molecular weight is 306 g/mol. The van der Waals surface area contributed by atoms with Crippen molar-refractivity contribution in [3.8, 4) is 28.4 Å². The highest BCUT2D eigenvalue weighted by Gasteiger charge is 2.05. The van der Waals surface area contributed by atoms with Gasteiger partial charge < -0.3 is 15.3 Å². The molecule has 0 amide bonds. The molecule has 23 heavy (non-hydrogen) atoms. The van der Waals surface area contributed by atoms with Crippen LogP contribution in [-0.2, 0) is 0 Å². The van der Waals surface area contributed by atoms with Crippen molar-refractivity contribution in [1.82, 2.24) is 0 Å². The van der Waals surface area contributed by atoms with E-state index in [9.17, 15) is 15.3 Å². The van der Waals surface area contributed by atoms with E-state index in [4.69, 9.17) is 0 Å². The number of rotatable bonds is 3. The molecular weight excluding hydrogens is 292 g/mol. The highest BCUT2D eigenvalue weighted by molar-refractivity contribution is 5.70. The summed E-state index contributed by atoms with van der Waals surface area (Å²) in [6.45, 7) is 0. The molecule has 0 spiro atoms. The number of benzene rings is 3. The Morgan fingerprint density at radius 3 is 1.91 bits per heavy atom. The quantitative estimate of drug-likeness (QED) is 0.602. The van der Waals surface area contributed by atoms with Gasteiger partial charge in [0.15, 0.2) is 0 Å². The van der Waals surface area contributed by atoms with Crippen LogP contribution in [0.25, 0.3) is 11.1 Å². The topological polar surface area (TPSA) is 85.4 Å². The molecule has 0 saturated heterocycles. The molecule has 0 saturated carbocycles. The molecule has 5 heteroatoms. The van der Waals surface area contributed by atoms with Crippen LogP contribution in [0.3, 0.4) is 0 Å². The van der Waals surface area contributed by atoms with Gasteiger partial charge in [-0.05, 0) is 47.5 Å². The maximum Gasteiger partial charge on any atom is 0.143 e. The van der Waals surface area contributed by atoms with Crippen molar-refractivity contribution in [3.63, 3.8) is 0 Å². The number of phenols is 3. The molecule has 3 N–H and O–H groups in total. The van der Waals surface area contributed by atoms with Gasteiger partial charge in [0.25, 0.3) is 0 Å². The zero-order chi connectivity index (χ0) is 16.2. The van der Waals surface area contributed by atoms with Crippen molar-refractivity contribution < 1.29 is 15.3 Å². The summed E-state index contributed by atoms with van der Waals surface area (Å²) in [5, 5.41) is 36.9. The second-order valence-electron chi connectivity index (χ2n) is 4.94. The summed E-state index contributed by atoms with van der Waals surface area (Å²) in [4.78, 5) is 0. The van der Waals surface area contributed by atoms with Gasteiger partial charge in [0.2, 0.25) is 0 Å².